The van der Waals surface area contributed by atoms with Crippen LogP contribution in [0.4, 0.5) is 0 Å². The summed E-state index contributed by atoms with van der Waals surface area (Å²) in [5, 5.41) is 11.9. The van der Waals surface area contributed by atoms with Gasteiger partial charge in [-0.3, -0.25) is 9.59 Å². The van der Waals surface area contributed by atoms with E-state index in [0.29, 0.717) is 51.8 Å². The largest absolute Gasteiger partial charge is 0.503 e. The first-order valence-electron chi connectivity index (χ1n) is 11.1. The predicted molar refractivity (Wildman–Crippen MR) is 132 cm³/mol. The molecule has 0 aliphatic carbocycles. The van der Waals surface area contributed by atoms with Crippen molar-refractivity contribution in [2.24, 2.45) is 0 Å². The van der Waals surface area contributed by atoms with Gasteiger partial charge < -0.3 is 33.4 Å². The van der Waals surface area contributed by atoms with Gasteiger partial charge in [-0.15, -0.1) is 0 Å². The van der Waals surface area contributed by atoms with Gasteiger partial charge in [0, 0.05) is 42.3 Å². The number of para-hydroxylation sites is 1. The summed E-state index contributed by atoms with van der Waals surface area (Å²) in [4.78, 5) is 28.4. The zero-order valence-corrected chi connectivity index (χ0v) is 21.0. The summed E-state index contributed by atoms with van der Waals surface area (Å²) in [5.74, 6) is -0.957. The van der Waals surface area contributed by atoms with E-state index in [1.807, 2.05) is 0 Å². The van der Waals surface area contributed by atoms with Gasteiger partial charge in [-0.2, -0.15) is 0 Å². The van der Waals surface area contributed by atoms with E-state index in [-0.39, 0.29) is 17.9 Å². The number of carbonyl (C=O) groups excluding carboxylic acids is 2. The van der Waals surface area contributed by atoms with Crippen LogP contribution >= 0.6 is 11.6 Å². The van der Waals surface area contributed by atoms with Crippen LogP contribution in [0.3, 0.4) is 0 Å². The lowest BCUT2D eigenvalue weighted by Crippen LogP contribution is -2.32. The summed E-state index contributed by atoms with van der Waals surface area (Å²) >= 11 is 6.16. The van der Waals surface area contributed by atoms with Gasteiger partial charge in [0.1, 0.15) is 0 Å². The van der Waals surface area contributed by atoms with Gasteiger partial charge in [0.25, 0.3) is 5.91 Å². The number of hydrogen-bond donors (Lipinski definition) is 1. The third kappa shape index (κ3) is 4.36. The molecule has 0 bridgehead atoms. The number of methoxy groups -OCH3 is 4. The fourth-order valence-electron chi connectivity index (χ4n) is 4.43. The molecule has 1 atom stereocenters. The van der Waals surface area contributed by atoms with E-state index in [2.05, 4.69) is 0 Å². The molecule has 36 heavy (non-hydrogen) atoms. The number of Topliss-reactive ketones (excluding diaryl/α,β-unsaturated/α-hetero) is 1. The summed E-state index contributed by atoms with van der Waals surface area (Å²) in [5.41, 5.74) is 0.668. The van der Waals surface area contributed by atoms with E-state index in [9.17, 15) is 14.7 Å². The predicted octanol–water partition coefficient (Wildman–Crippen LogP) is 4.73. The van der Waals surface area contributed by atoms with Gasteiger partial charge >= 0.3 is 0 Å². The molecular formula is C26H26ClNO8. The van der Waals surface area contributed by atoms with Crippen LogP contribution in [0, 0.1) is 0 Å². The molecule has 0 saturated heterocycles. The number of carbonyl (C=O) groups is 2. The summed E-state index contributed by atoms with van der Waals surface area (Å²) in [6.45, 7) is 0.613. The molecule has 4 rings (SSSR count). The van der Waals surface area contributed by atoms with Crippen molar-refractivity contribution in [2.45, 2.75) is 12.5 Å². The quantitative estimate of drug-likeness (QED) is 0.305. The third-order valence-corrected chi connectivity index (χ3v) is 6.23. The molecule has 3 aromatic rings. The molecule has 1 unspecified atom stereocenters. The van der Waals surface area contributed by atoms with Crippen molar-refractivity contribution < 1.29 is 38.1 Å². The Kier molecular flexibility index (Phi) is 7.42. The van der Waals surface area contributed by atoms with Gasteiger partial charge in [-0.25, -0.2) is 0 Å². The summed E-state index contributed by atoms with van der Waals surface area (Å²) < 4.78 is 27.3. The van der Waals surface area contributed by atoms with Crippen molar-refractivity contribution in [3.63, 3.8) is 0 Å². The smallest absolute Gasteiger partial charge is 0.290 e. The number of ketones is 1. The summed E-state index contributed by atoms with van der Waals surface area (Å²) in [7, 11) is 5.97. The van der Waals surface area contributed by atoms with E-state index in [1.54, 1.807) is 37.4 Å². The minimum absolute atomic E-state index is 0.0782. The average molecular weight is 516 g/mol. The Morgan fingerprint density at radius 2 is 1.83 bits per heavy atom. The number of ether oxygens (including phenoxy) is 4. The Labute approximate surface area is 212 Å². The number of benzene rings is 2. The maximum Gasteiger partial charge on any atom is 0.290 e. The third-order valence-electron chi connectivity index (χ3n) is 6.01. The number of halogens is 1. The molecule has 1 aliphatic rings. The Morgan fingerprint density at radius 1 is 1.08 bits per heavy atom. The number of fused-ring (bicyclic) bond motifs is 1. The number of hydrogen-bond acceptors (Lipinski definition) is 8. The molecule has 1 amide bonds. The average Bonchev–Trinajstić information content (AvgIpc) is 3.41. The molecule has 190 valence electrons. The fraction of sp³-hybridized carbons (Fsp3) is 0.308. The lowest BCUT2D eigenvalue weighted by molar-refractivity contribution is -0.129. The lowest BCUT2D eigenvalue weighted by Gasteiger charge is -2.28. The van der Waals surface area contributed by atoms with Crippen LogP contribution in [0.15, 0.2) is 52.1 Å². The normalized spacial score (nSPS) is 15.6. The van der Waals surface area contributed by atoms with Crippen molar-refractivity contribution >= 4 is 34.3 Å². The minimum atomic E-state index is -0.953. The maximum atomic E-state index is 13.8. The molecule has 2 heterocycles. The second-order valence-electron chi connectivity index (χ2n) is 8.06. The molecule has 0 saturated carbocycles. The van der Waals surface area contributed by atoms with Crippen LogP contribution in [-0.4, -0.2) is 63.3 Å². The minimum Gasteiger partial charge on any atom is -0.503 e. The number of aliphatic hydroxyl groups excluding tert-OH is 1. The summed E-state index contributed by atoms with van der Waals surface area (Å²) in [6.07, 6.45) is 0.486. The highest BCUT2D eigenvalue weighted by Gasteiger charge is 2.45. The van der Waals surface area contributed by atoms with E-state index in [0.717, 1.165) is 0 Å². The monoisotopic (exact) mass is 515 g/mol. The Hall–Kier alpha value is -3.69. The topological polar surface area (TPSA) is 108 Å². The number of aliphatic hydroxyl groups is 1. The zero-order valence-electron chi connectivity index (χ0n) is 20.3. The molecule has 0 radical (unpaired) electrons. The maximum absolute atomic E-state index is 13.8. The SMILES string of the molecule is COCCCN1C(=O)C(O)=C(C(=O)c2cc3cc(Cl)cc(OC)c3o2)C1c1cccc(OC)c1OC. The molecule has 9 nitrogen and oxygen atoms in total. The van der Waals surface area contributed by atoms with Crippen molar-refractivity contribution in [1.29, 1.82) is 0 Å². The van der Waals surface area contributed by atoms with Gasteiger partial charge in [0.2, 0.25) is 5.78 Å². The highest BCUT2D eigenvalue weighted by molar-refractivity contribution is 6.31. The van der Waals surface area contributed by atoms with Gasteiger partial charge in [-0.05, 0) is 24.6 Å². The molecule has 2 aromatic carbocycles. The standard InChI is InChI=1S/C26H26ClNO8/c1-32-10-6-9-28-21(16-7-5-8-17(33-2)25(16)35-4)20(23(30)26(28)31)22(29)18-12-14-11-15(27)13-19(34-3)24(14)36-18/h5,7-8,11-13,21,30H,6,9-10H2,1-4H3. The van der Waals surface area contributed by atoms with Gasteiger partial charge in [0.15, 0.2) is 34.4 Å². The van der Waals surface area contributed by atoms with Crippen LogP contribution in [-0.2, 0) is 9.53 Å². The Bertz CT molecular complexity index is 1350. The molecular weight excluding hydrogens is 490 g/mol. The van der Waals surface area contributed by atoms with Crippen LogP contribution in [0.1, 0.15) is 28.6 Å². The van der Waals surface area contributed by atoms with Crippen LogP contribution in [0.25, 0.3) is 11.0 Å². The first kappa shape index (κ1) is 25.4. The first-order valence-corrected chi connectivity index (χ1v) is 11.5. The van der Waals surface area contributed by atoms with Crippen molar-refractivity contribution in [3.8, 4) is 17.2 Å². The zero-order chi connectivity index (χ0) is 26.0. The van der Waals surface area contributed by atoms with Crippen molar-refractivity contribution in [1.82, 2.24) is 4.90 Å². The van der Waals surface area contributed by atoms with Crippen molar-refractivity contribution in [2.75, 3.05) is 41.6 Å². The Balaban J connectivity index is 1.86. The Morgan fingerprint density at radius 3 is 2.50 bits per heavy atom. The van der Waals surface area contributed by atoms with Crippen molar-refractivity contribution in [3.05, 3.63) is 64.1 Å². The van der Waals surface area contributed by atoms with Gasteiger partial charge in [-0.1, -0.05) is 23.7 Å². The van der Waals surface area contributed by atoms with Crippen LogP contribution < -0.4 is 14.2 Å². The second-order valence-corrected chi connectivity index (χ2v) is 8.50. The number of rotatable bonds is 10. The number of furan rings is 1. The number of nitrogens with zero attached hydrogens (tertiary/aromatic N) is 1. The molecule has 1 N–H and O–H groups in total. The highest BCUT2D eigenvalue weighted by atomic mass is 35.5. The molecule has 0 fully saturated rings. The molecule has 1 aromatic heterocycles. The molecule has 1 aliphatic heterocycles. The van der Waals surface area contributed by atoms with E-state index in [4.69, 9.17) is 35.0 Å². The summed E-state index contributed by atoms with van der Waals surface area (Å²) in [6, 6.07) is 8.90. The molecule has 0 spiro atoms. The van der Waals surface area contributed by atoms with E-state index < -0.39 is 23.5 Å². The number of amides is 1. The second kappa shape index (κ2) is 10.5. The van der Waals surface area contributed by atoms with E-state index in [1.165, 1.54) is 32.3 Å². The fourth-order valence-corrected chi connectivity index (χ4v) is 4.64. The van der Waals surface area contributed by atoms with Crippen LogP contribution in [0.5, 0.6) is 17.2 Å². The van der Waals surface area contributed by atoms with Crippen LogP contribution in [0.2, 0.25) is 5.02 Å². The molecule has 10 heteroatoms. The lowest BCUT2D eigenvalue weighted by atomic mass is 9.94. The highest BCUT2D eigenvalue weighted by Crippen LogP contribution is 2.46. The van der Waals surface area contributed by atoms with E-state index >= 15 is 0 Å². The van der Waals surface area contributed by atoms with Gasteiger partial charge in [0.05, 0.1) is 32.9 Å². The first-order chi connectivity index (χ1) is 17.4.